The van der Waals surface area contributed by atoms with Gasteiger partial charge in [0.15, 0.2) is 0 Å². The van der Waals surface area contributed by atoms with Crippen molar-refractivity contribution in [3.05, 3.63) is 103 Å². The molecule has 0 bridgehead atoms. The minimum Gasteiger partial charge on any atom is -0.256 e. The number of benzene rings is 3. The van der Waals surface area contributed by atoms with Gasteiger partial charge in [0, 0.05) is 23.4 Å². The quantitative estimate of drug-likeness (QED) is 0.422. The fourth-order valence-electron chi connectivity index (χ4n) is 2.93. The molecule has 0 aliphatic rings. The largest absolute Gasteiger partial charge is 0.256 e. The minimum absolute atomic E-state index is 0.392. The van der Waals surface area contributed by atoms with E-state index in [-0.39, 0.29) is 0 Å². The van der Waals surface area contributed by atoms with Crippen LogP contribution in [0.25, 0.3) is 33.5 Å². The molecule has 126 valence electrons. The van der Waals surface area contributed by atoms with Crippen LogP contribution in [0.1, 0.15) is 0 Å². The Balaban J connectivity index is 1.61. The molecule has 0 N–H and O–H groups in total. The van der Waals surface area contributed by atoms with Gasteiger partial charge in [-0.2, -0.15) is 0 Å². The third-order valence-electron chi connectivity index (χ3n) is 4.31. The van der Waals surface area contributed by atoms with Gasteiger partial charge in [-0.1, -0.05) is 54.6 Å². The molecule has 0 aliphatic carbocycles. The summed E-state index contributed by atoms with van der Waals surface area (Å²) in [5, 5.41) is 0. The van der Waals surface area contributed by atoms with Crippen LogP contribution in [0.5, 0.6) is 0 Å². The SMILES string of the molecule is Fc1ccc(-c2ccc(-c3ccc(-c4ccccn4)cc3)cc2)c(F)c1. The smallest absolute Gasteiger partial charge is 0.133 e. The Bertz CT molecular complexity index is 1020. The lowest BCUT2D eigenvalue weighted by Gasteiger charge is -2.07. The van der Waals surface area contributed by atoms with E-state index in [0.29, 0.717) is 5.56 Å². The highest BCUT2D eigenvalue weighted by Gasteiger charge is 2.07. The second-order valence-electron chi connectivity index (χ2n) is 5.99. The highest BCUT2D eigenvalue weighted by molar-refractivity contribution is 5.72. The predicted molar refractivity (Wildman–Crippen MR) is 100 cm³/mol. The second-order valence-corrected chi connectivity index (χ2v) is 5.99. The maximum Gasteiger partial charge on any atom is 0.133 e. The zero-order chi connectivity index (χ0) is 17.9. The Kier molecular flexibility index (Phi) is 4.28. The molecule has 0 amide bonds. The first-order valence-corrected chi connectivity index (χ1v) is 8.28. The Morgan fingerprint density at radius 3 is 1.77 bits per heavy atom. The van der Waals surface area contributed by atoms with Crippen LogP contribution in [-0.4, -0.2) is 4.98 Å². The first kappa shape index (κ1) is 16.2. The molecule has 1 nitrogen and oxygen atoms in total. The molecule has 1 heterocycles. The van der Waals surface area contributed by atoms with Crippen LogP contribution in [-0.2, 0) is 0 Å². The number of nitrogens with zero attached hydrogens (tertiary/aromatic N) is 1. The van der Waals surface area contributed by atoms with Crippen molar-refractivity contribution < 1.29 is 8.78 Å². The molecule has 4 rings (SSSR count). The Morgan fingerprint density at radius 1 is 0.577 bits per heavy atom. The number of aromatic nitrogens is 1. The molecule has 0 fully saturated rings. The molecule has 4 aromatic rings. The molecule has 0 radical (unpaired) electrons. The summed E-state index contributed by atoms with van der Waals surface area (Å²) < 4.78 is 27.0. The standard InChI is InChI=1S/C23H15F2N/c24-20-12-13-21(22(25)15-20)18-8-4-16(5-9-18)17-6-10-19(11-7-17)23-3-1-2-14-26-23/h1-15H. The van der Waals surface area contributed by atoms with Crippen molar-refractivity contribution in [3.8, 4) is 33.5 Å². The van der Waals surface area contributed by atoms with Crippen LogP contribution in [0.2, 0.25) is 0 Å². The molecule has 0 spiro atoms. The van der Waals surface area contributed by atoms with E-state index in [1.54, 1.807) is 6.20 Å². The van der Waals surface area contributed by atoms with Gasteiger partial charge in [0.2, 0.25) is 0 Å². The molecule has 0 saturated carbocycles. The summed E-state index contributed by atoms with van der Waals surface area (Å²) in [4.78, 5) is 4.35. The van der Waals surface area contributed by atoms with Crippen LogP contribution >= 0.6 is 0 Å². The summed E-state index contributed by atoms with van der Waals surface area (Å²) in [5.74, 6) is -1.13. The van der Waals surface area contributed by atoms with E-state index in [9.17, 15) is 8.78 Å². The van der Waals surface area contributed by atoms with E-state index in [0.717, 1.165) is 34.0 Å². The summed E-state index contributed by atoms with van der Waals surface area (Å²) in [5.41, 5.74) is 5.19. The fourth-order valence-corrected chi connectivity index (χ4v) is 2.93. The second kappa shape index (κ2) is 6.89. The highest BCUT2D eigenvalue weighted by Crippen LogP contribution is 2.28. The molecule has 0 aliphatic heterocycles. The van der Waals surface area contributed by atoms with Gasteiger partial charge in [-0.15, -0.1) is 0 Å². The van der Waals surface area contributed by atoms with Gasteiger partial charge in [0.1, 0.15) is 11.6 Å². The third-order valence-corrected chi connectivity index (χ3v) is 4.31. The van der Waals surface area contributed by atoms with E-state index in [1.807, 2.05) is 66.7 Å². The Hall–Kier alpha value is -3.33. The lowest BCUT2D eigenvalue weighted by Crippen LogP contribution is -1.87. The maximum absolute atomic E-state index is 13.9. The Morgan fingerprint density at radius 2 is 1.19 bits per heavy atom. The van der Waals surface area contributed by atoms with Crippen molar-refractivity contribution in [1.29, 1.82) is 0 Å². The number of halogens is 2. The average Bonchev–Trinajstić information content (AvgIpc) is 2.69. The summed E-state index contributed by atoms with van der Waals surface area (Å²) >= 11 is 0. The van der Waals surface area contributed by atoms with Crippen molar-refractivity contribution in [2.45, 2.75) is 0 Å². The summed E-state index contributed by atoms with van der Waals surface area (Å²) in [6, 6.07) is 25.2. The highest BCUT2D eigenvalue weighted by atomic mass is 19.1. The number of pyridine rings is 1. The number of hydrogen-bond donors (Lipinski definition) is 0. The maximum atomic E-state index is 13.9. The molecule has 0 saturated heterocycles. The van der Waals surface area contributed by atoms with Crippen molar-refractivity contribution in [2.24, 2.45) is 0 Å². The van der Waals surface area contributed by atoms with Gasteiger partial charge >= 0.3 is 0 Å². The van der Waals surface area contributed by atoms with Gasteiger partial charge in [-0.3, -0.25) is 4.98 Å². The molecule has 1 aromatic heterocycles. The van der Waals surface area contributed by atoms with E-state index in [4.69, 9.17) is 0 Å². The zero-order valence-electron chi connectivity index (χ0n) is 13.9. The van der Waals surface area contributed by atoms with E-state index in [1.165, 1.54) is 12.1 Å². The molecular formula is C23H15F2N. The monoisotopic (exact) mass is 343 g/mol. The lowest BCUT2D eigenvalue weighted by molar-refractivity contribution is 0.585. The first-order valence-electron chi connectivity index (χ1n) is 8.28. The van der Waals surface area contributed by atoms with Crippen LogP contribution in [0, 0.1) is 11.6 Å². The molecule has 0 unspecified atom stereocenters. The topological polar surface area (TPSA) is 12.9 Å². The van der Waals surface area contributed by atoms with Crippen molar-refractivity contribution in [3.63, 3.8) is 0 Å². The molecular weight excluding hydrogens is 328 g/mol. The fraction of sp³-hybridized carbons (Fsp3) is 0. The van der Waals surface area contributed by atoms with E-state index < -0.39 is 11.6 Å². The predicted octanol–water partition coefficient (Wildman–Crippen LogP) is 6.36. The lowest BCUT2D eigenvalue weighted by atomic mass is 9.99. The molecule has 3 aromatic carbocycles. The van der Waals surface area contributed by atoms with Crippen LogP contribution in [0.3, 0.4) is 0 Å². The summed E-state index contributed by atoms with van der Waals surface area (Å²) in [6.45, 7) is 0. The van der Waals surface area contributed by atoms with Gasteiger partial charge in [-0.25, -0.2) is 8.78 Å². The van der Waals surface area contributed by atoms with Crippen LogP contribution in [0.4, 0.5) is 8.78 Å². The third kappa shape index (κ3) is 3.24. The zero-order valence-corrected chi connectivity index (χ0v) is 13.9. The average molecular weight is 343 g/mol. The van der Waals surface area contributed by atoms with Crippen LogP contribution in [0.15, 0.2) is 91.1 Å². The van der Waals surface area contributed by atoms with Crippen molar-refractivity contribution in [1.82, 2.24) is 4.98 Å². The molecule has 0 atom stereocenters. The normalized spacial score (nSPS) is 10.7. The number of hydrogen-bond acceptors (Lipinski definition) is 1. The van der Waals surface area contributed by atoms with Gasteiger partial charge in [0.05, 0.1) is 5.69 Å². The van der Waals surface area contributed by atoms with Crippen molar-refractivity contribution in [2.75, 3.05) is 0 Å². The van der Waals surface area contributed by atoms with Gasteiger partial charge < -0.3 is 0 Å². The first-order chi connectivity index (χ1) is 12.7. The summed E-state index contributed by atoms with van der Waals surface area (Å²) in [7, 11) is 0. The van der Waals surface area contributed by atoms with E-state index >= 15 is 0 Å². The summed E-state index contributed by atoms with van der Waals surface area (Å²) in [6.07, 6.45) is 1.77. The molecule has 26 heavy (non-hydrogen) atoms. The van der Waals surface area contributed by atoms with Gasteiger partial charge in [0.25, 0.3) is 0 Å². The van der Waals surface area contributed by atoms with Gasteiger partial charge in [-0.05, 0) is 41.0 Å². The molecule has 3 heteroatoms. The Labute approximate surface area is 150 Å². The van der Waals surface area contributed by atoms with E-state index in [2.05, 4.69) is 4.98 Å². The number of rotatable bonds is 3. The minimum atomic E-state index is -0.573. The van der Waals surface area contributed by atoms with Crippen molar-refractivity contribution >= 4 is 0 Å². The van der Waals surface area contributed by atoms with Crippen LogP contribution < -0.4 is 0 Å².